The van der Waals surface area contributed by atoms with Crippen molar-refractivity contribution < 1.29 is 4.39 Å². The zero-order chi connectivity index (χ0) is 10.6. The Morgan fingerprint density at radius 2 is 2.00 bits per heavy atom. The topological polar surface area (TPSA) is 12.0 Å². The van der Waals surface area contributed by atoms with Crippen molar-refractivity contribution in [3.05, 3.63) is 47.3 Å². The number of benzene rings is 1. The fourth-order valence-corrected chi connectivity index (χ4v) is 1.39. The third-order valence-electron chi connectivity index (χ3n) is 2.05. The summed E-state index contributed by atoms with van der Waals surface area (Å²) in [5.74, 6) is -0.163. The van der Waals surface area contributed by atoms with E-state index in [1.165, 1.54) is 11.6 Å². The van der Waals surface area contributed by atoms with Gasteiger partial charge in [-0.05, 0) is 27.0 Å². The van der Waals surface area contributed by atoms with E-state index >= 15 is 0 Å². The number of nitrogens with one attached hydrogen (secondary N) is 1. The highest BCUT2D eigenvalue weighted by atomic mass is 19.1. The standard InChI is InChI=1S/C12H16FN/c1-9(2)8-12(14-3)10-6-4-5-7-11(10)13/h4-8,12,14H,1-3H3. The second kappa shape index (κ2) is 4.91. The normalized spacial score (nSPS) is 12.3. The lowest BCUT2D eigenvalue weighted by atomic mass is 10.0. The summed E-state index contributed by atoms with van der Waals surface area (Å²) in [6, 6.07) is 6.80. The summed E-state index contributed by atoms with van der Waals surface area (Å²) in [6.45, 7) is 4.01. The largest absolute Gasteiger partial charge is 0.310 e. The molecule has 0 amide bonds. The average molecular weight is 193 g/mol. The second-order valence-corrected chi connectivity index (χ2v) is 3.53. The fraction of sp³-hybridized carbons (Fsp3) is 0.333. The van der Waals surface area contributed by atoms with Crippen LogP contribution in [0.1, 0.15) is 25.5 Å². The first-order chi connectivity index (χ1) is 6.65. The molecule has 0 aliphatic carbocycles. The van der Waals surface area contributed by atoms with Crippen LogP contribution in [0.5, 0.6) is 0 Å². The van der Waals surface area contributed by atoms with E-state index in [1.54, 1.807) is 12.1 Å². The molecule has 0 aromatic heterocycles. The van der Waals surface area contributed by atoms with Crippen LogP contribution in [0.15, 0.2) is 35.9 Å². The molecule has 0 aliphatic rings. The molecular weight excluding hydrogens is 177 g/mol. The van der Waals surface area contributed by atoms with Gasteiger partial charge in [-0.2, -0.15) is 0 Å². The number of allylic oxidation sites excluding steroid dienone is 1. The van der Waals surface area contributed by atoms with Crippen molar-refractivity contribution in [2.24, 2.45) is 0 Å². The van der Waals surface area contributed by atoms with E-state index in [1.807, 2.05) is 33.0 Å². The Kier molecular flexibility index (Phi) is 3.84. The van der Waals surface area contributed by atoms with Gasteiger partial charge in [0, 0.05) is 5.56 Å². The van der Waals surface area contributed by atoms with Gasteiger partial charge in [-0.1, -0.05) is 29.8 Å². The summed E-state index contributed by atoms with van der Waals surface area (Å²) in [5, 5.41) is 3.07. The minimum Gasteiger partial charge on any atom is -0.310 e. The van der Waals surface area contributed by atoms with Crippen molar-refractivity contribution in [1.29, 1.82) is 0 Å². The Labute approximate surface area is 84.6 Å². The van der Waals surface area contributed by atoms with Crippen LogP contribution in [0.25, 0.3) is 0 Å². The second-order valence-electron chi connectivity index (χ2n) is 3.53. The molecule has 14 heavy (non-hydrogen) atoms. The van der Waals surface area contributed by atoms with Gasteiger partial charge >= 0.3 is 0 Å². The molecule has 0 aliphatic heterocycles. The number of halogens is 1. The lowest BCUT2D eigenvalue weighted by molar-refractivity contribution is 0.581. The van der Waals surface area contributed by atoms with Crippen LogP contribution in [-0.2, 0) is 0 Å². The van der Waals surface area contributed by atoms with E-state index in [2.05, 4.69) is 5.32 Å². The average Bonchev–Trinajstić information content (AvgIpc) is 2.15. The predicted molar refractivity (Wildman–Crippen MR) is 57.6 cm³/mol. The Bertz CT molecular complexity index is 327. The van der Waals surface area contributed by atoms with Gasteiger partial charge in [-0.15, -0.1) is 0 Å². The van der Waals surface area contributed by atoms with Crippen molar-refractivity contribution in [3.8, 4) is 0 Å². The molecule has 1 aromatic rings. The number of likely N-dealkylation sites (N-methyl/N-ethyl adjacent to an activating group) is 1. The zero-order valence-electron chi connectivity index (χ0n) is 8.84. The molecule has 0 saturated heterocycles. The van der Waals surface area contributed by atoms with Crippen molar-refractivity contribution in [1.82, 2.24) is 5.32 Å². The smallest absolute Gasteiger partial charge is 0.128 e. The quantitative estimate of drug-likeness (QED) is 0.727. The molecule has 0 fully saturated rings. The Hall–Kier alpha value is -1.15. The first kappa shape index (κ1) is 10.9. The molecule has 0 radical (unpaired) electrons. The lowest BCUT2D eigenvalue weighted by Gasteiger charge is -2.13. The van der Waals surface area contributed by atoms with Gasteiger partial charge in [0.15, 0.2) is 0 Å². The summed E-state index contributed by atoms with van der Waals surface area (Å²) < 4.78 is 13.4. The molecule has 1 N–H and O–H groups in total. The highest BCUT2D eigenvalue weighted by Gasteiger charge is 2.09. The van der Waals surface area contributed by atoms with E-state index in [4.69, 9.17) is 0 Å². The monoisotopic (exact) mass is 193 g/mol. The molecule has 1 aromatic carbocycles. The van der Waals surface area contributed by atoms with Gasteiger partial charge in [0.2, 0.25) is 0 Å². The molecule has 0 bridgehead atoms. The van der Waals surface area contributed by atoms with Crippen LogP contribution in [0.4, 0.5) is 4.39 Å². The van der Waals surface area contributed by atoms with Crippen molar-refractivity contribution >= 4 is 0 Å². The van der Waals surface area contributed by atoms with Gasteiger partial charge in [-0.25, -0.2) is 4.39 Å². The molecule has 1 atom stereocenters. The number of hydrogen-bond donors (Lipinski definition) is 1. The first-order valence-corrected chi connectivity index (χ1v) is 4.72. The molecule has 2 heteroatoms. The van der Waals surface area contributed by atoms with E-state index in [0.29, 0.717) is 5.56 Å². The van der Waals surface area contributed by atoms with Crippen LogP contribution in [0.3, 0.4) is 0 Å². The van der Waals surface area contributed by atoms with E-state index in [9.17, 15) is 4.39 Å². The van der Waals surface area contributed by atoms with Gasteiger partial charge in [0.25, 0.3) is 0 Å². The molecule has 1 rings (SSSR count). The SMILES string of the molecule is CNC(C=C(C)C)c1ccccc1F. The van der Waals surface area contributed by atoms with Crippen molar-refractivity contribution in [3.63, 3.8) is 0 Å². The Morgan fingerprint density at radius 3 is 2.50 bits per heavy atom. The first-order valence-electron chi connectivity index (χ1n) is 4.72. The number of hydrogen-bond acceptors (Lipinski definition) is 1. The summed E-state index contributed by atoms with van der Waals surface area (Å²) >= 11 is 0. The van der Waals surface area contributed by atoms with Crippen LogP contribution < -0.4 is 5.32 Å². The fourth-order valence-electron chi connectivity index (χ4n) is 1.39. The summed E-state index contributed by atoms with van der Waals surface area (Å²) in [4.78, 5) is 0. The molecule has 76 valence electrons. The molecule has 1 nitrogen and oxygen atoms in total. The Morgan fingerprint density at radius 1 is 1.36 bits per heavy atom. The minimum absolute atomic E-state index is 0.0406. The van der Waals surface area contributed by atoms with Crippen LogP contribution in [-0.4, -0.2) is 7.05 Å². The molecule has 0 spiro atoms. The van der Waals surface area contributed by atoms with Crippen LogP contribution >= 0.6 is 0 Å². The van der Waals surface area contributed by atoms with Crippen LogP contribution in [0, 0.1) is 5.82 Å². The highest BCUT2D eigenvalue weighted by molar-refractivity contribution is 5.25. The summed E-state index contributed by atoms with van der Waals surface area (Å²) in [5.41, 5.74) is 1.86. The summed E-state index contributed by atoms with van der Waals surface area (Å²) in [7, 11) is 1.83. The lowest BCUT2D eigenvalue weighted by Crippen LogP contribution is -2.15. The third kappa shape index (κ3) is 2.67. The molecular formula is C12H16FN. The van der Waals surface area contributed by atoms with Crippen LogP contribution in [0.2, 0.25) is 0 Å². The molecule has 1 unspecified atom stereocenters. The Balaban J connectivity index is 3.01. The van der Waals surface area contributed by atoms with Gasteiger partial charge < -0.3 is 5.32 Å². The maximum absolute atomic E-state index is 13.4. The van der Waals surface area contributed by atoms with E-state index in [0.717, 1.165) is 0 Å². The molecule has 0 heterocycles. The maximum atomic E-state index is 13.4. The third-order valence-corrected chi connectivity index (χ3v) is 2.05. The highest BCUT2D eigenvalue weighted by Crippen LogP contribution is 2.18. The van der Waals surface area contributed by atoms with Gasteiger partial charge in [0.1, 0.15) is 5.82 Å². The van der Waals surface area contributed by atoms with E-state index < -0.39 is 0 Å². The predicted octanol–water partition coefficient (Wildman–Crippen LogP) is 3.05. The zero-order valence-corrected chi connectivity index (χ0v) is 8.84. The van der Waals surface area contributed by atoms with Gasteiger partial charge in [0.05, 0.1) is 6.04 Å². The van der Waals surface area contributed by atoms with Crippen molar-refractivity contribution in [2.75, 3.05) is 7.05 Å². The molecule has 0 saturated carbocycles. The van der Waals surface area contributed by atoms with Gasteiger partial charge in [-0.3, -0.25) is 0 Å². The summed E-state index contributed by atoms with van der Waals surface area (Å²) in [6.07, 6.45) is 2.01. The van der Waals surface area contributed by atoms with E-state index in [-0.39, 0.29) is 11.9 Å². The van der Waals surface area contributed by atoms with Crippen molar-refractivity contribution in [2.45, 2.75) is 19.9 Å². The number of rotatable bonds is 3. The minimum atomic E-state index is -0.163. The maximum Gasteiger partial charge on any atom is 0.128 e.